The van der Waals surface area contributed by atoms with Crippen LogP contribution in [0.4, 0.5) is 0 Å². The van der Waals surface area contributed by atoms with Crippen LogP contribution in [0.3, 0.4) is 0 Å². The SMILES string of the molecule is O=C(O)C[C@H](NS(=O)(=O)c1ccccc1)C(=O)NCCc1ccccc1. The Morgan fingerprint density at radius 3 is 2.12 bits per heavy atom. The molecular formula is C18H20N2O5S. The Hall–Kier alpha value is -2.71. The number of aliphatic carboxylic acids is 1. The van der Waals surface area contributed by atoms with Crippen LogP contribution in [-0.4, -0.2) is 38.0 Å². The van der Waals surface area contributed by atoms with Crippen molar-refractivity contribution in [3.63, 3.8) is 0 Å². The predicted octanol–water partition coefficient (Wildman–Crippen LogP) is 1.17. The molecule has 0 fully saturated rings. The van der Waals surface area contributed by atoms with Gasteiger partial charge in [0.1, 0.15) is 6.04 Å². The van der Waals surface area contributed by atoms with Crippen LogP contribution in [0.2, 0.25) is 0 Å². The van der Waals surface area contributed by atoms with E-state index in [-0.39, 0.29) is 11.4 Å². The molecule has 0 aliphatic heterocycles. The van der Waals surface area contributed by atoms with Crippen molar-refractivity contribution in [1.29, 1.82) is 0 Å². The van der Waals surface area contributed by atoms with E-state index in [1.54, 1.807) is 18.2 Å². The van der Waals surface area contributed by atoms with Gasteiger partial charge in [-0.05, 0) is 24.1 Å². The summed E-state index contributed by atoms with van der Waals surface area (Å²) >= 11 is 0. The highest BCUT2D eigenvalue weighted by molar-refractivity contribution is 7.89. The second kappa shape index (κ2) is 9.12. The van der Waals surface area contributed by atoms with Gasteiger partial charge in [-0.15, -0.1) is 0 Å². The summed E-state index contributed by atoms with van der Waals surface area (Å²) in [6.07, 6.45) is -0.0962. The molecule has 0 radical (unpaired) electrons. The number of rotatable bonds is 9. The van der Waals surface area contributed by atoms with Crippen LogP contribution >= 0.6 is 0 Å². The van der Waals surface area contributed by atoms with Crippen LogP contribution in [0, 0.1) is 0 Å². The van der Waals surface area contributed by atoms with E-state index in [2.05, 4.69) is 10.0 Å². The van der Waals surface area contributed by atoms with Crippen LogP contribution < -0.4 is 10.0 Å². The number of carbonyl (C=O) groups is 2. The zero-order chi connectivity index (χ0) is 19.0. The van der Waals surface area contributed by atoms with Gasteiger partial charge in [-0.1, -0.05) is 48.5 Å². The van der Waals surface area contributed by atoms with Crippen molar-refractivity contribution in [2.45, 2.75) is 23.8 Å². The van der Waals surface area contributed by atoms with Crippen LogP contribution in [0.1, 0.15) is 12.0 Å². The van der Waals surface area contributed by atoms with Gasteiger partial charge in [0.05, 0.1) is 11.3 Å². The molecule has 2 aromatic carbocycles. The minimum Gasteiger partial charge on any atom is -0.481 e. The van der Waals surface area contributed by atoms with Gasteiger partial charge in [0.2, 0.25) is 15.9 Å². The fourth-order valence-electron chi connectivity index (χ4n) is 2.32. The van der Waals surface area contributed by atoms with Gasteiger partial charge in [-0.2, -0.15) is 4.72 Å². The monoisotopic (exact) mass is 376 g/mol. The summed E-state index contributed by atoms with van der Waals surface area (Å²) in [6.45, 7) is 0.270. The third-order valence-electron chi connectivity index (χ3n) is 3.60. The third-order valence-corrected chi connectivity index (χ3v) is 5.09. The normalized spacial score (nSPS) is 12.3. The lowest BCUT2D eigenvalue weighted by Gasteiger charge is -2.17. The second-order valence-corrected chi connectivity index (χ2v) is 7.33. The van der Waals surface area contributed by atoms with Crippen molar-refractivity contribution in [3.05, 3.63) is 66.2 Å². The molecule has 0 bridgehead atoms. The molecule has 0 heterocycles. The summed E-state index contributed by atoms with van der Waals surface area (Å²) in [4.78, 5) is 23.3. The van der Waals surface area contributed by atoms with Gasteiger partial charge >= 0.3 is 5.97 Å². The molecule has 0 saturated heterocycles. The van der Waals surface area contributed by atoms with Crippen molar-refractivity contribution >= 4 is 21.9 Å². The van der Waals surface area contributed by atoms with E-state index in [9.17, 15) is 18.0 Å². The number of hydrogen-bond acceptors (Lipinski definition) is 4. The maximum Gasteiger partial charge on any atom is 0.305 e. The number of carboxylic acid groups (broad SMARTS) is 1. The van der Waals surface area contributed by atoms with Crippen molar-refractivity contribution in [2.24, 2.45) is 0 Å². The molecule has 0 unspecified atom stereocenters. The summed E-state index contributed by atoms with van der Waals surface area (Å²) in [5.41, 5.74) is 1.01. The zero-order valence-corrected chi connectivity index (χ0v) is 14.8. The Balaban J connectivity index is 2.01. The van der Waals surface area contributed by atoms with Gasteiger partial charge in [0.25, 0.3) is 0 Å². The molecule has 0 aliphatic carbocycles. The first kappa shape index (κ1) is 19.6. The number of sulfonamides is 1. The van der Waals surface area contributed by atoms with E-state index in [4.69, 9.17) is 5.11 Å². The smallest absolute Gasteiger partial charge is 0.305 e. The van der Waals surface area contributed by atoms with Crippen LogP contribution in [-0.2, 0) is 26.0 Å². The first-order chi connectivity index (χ1) is 12.4. The summed E-state index contributed by atoms with van der Waals surface area (Å²) in [6, 6.07) is 15.5. The van der Waals surface area contributed by atoms with Crippen molar-refractivity contribution < 1.29 is 23.1 Å². The lowest BCUT2D eigenvalue weighted by Crippen LogP contribution is -2.48. The Labute approximate surface area is 152 Å². The Kier molecular flexibility index (Phi) is 6.88. The summed E-state index contributed by atoms with van der Waals surface area (Å²) in [7, 11) is -4.00. The summed E-state index contributed by atoms with van der Waals surface area (Å²) in [5, 5.41) is 11.6. The van der Waals surface area contributed by atoms with E-state index < -0.39 is 34.4 Å². The Morgan fingerprint density at radius 2 is 1.54 bits per heavy atom. The van der Waals surface area contributed by atoms with E-state index in [0.717, 1.165) is 5.56 Å². The Bertz CT molecular complexity index is 838. The lowest BCUT2D eigenvalue weighted by atomic mass is 10.1. The van der Waals surface area contributed by atoms with Gasteiger partial charge in [0.15, 0.2) is 0 Å². The minimum atomic E-state index is -4.00. The maximum atomic E-state index is 12.3. The minimum absolute atomic E-state index is 0.0347. The number of hydrogen-bond donors (Lipinski definition) is 3. The molecule has 2 rings (SSSR count). The molecule has 1 atom stereocenters. The maximum absolute atomic E-state index is 12.3. The summed E-state index contributed by atoms with van der Waals surface area (Å²) in [5.74, 6) is -1.95. The number of benzene rings is 2. The van der Waals surface area contributed by atoms with E-state index in [0.29, 0.717) is 6.42 Å². The number of carbonyl (C=O) groups excluding carboxylic acids is 1. The van der Waals surface area contributed by atoms with Crippen molar-refractivity contribution in [2.75, 3.05) is 6.54 Å². The molecule has 1 amide bonds. The molecule has 0 saturated carbocycles. The van der Waals surface area contributed by atoms with Crippen molar-refractivity contribution in [3.8, 4) is 0 Å². The topological polar surface area (TPSA) is 113 Å². The van der Waals surface area contributed by atoms with Gasteiger partial charge < -0.3 is 10.4 Å². The highest BCUT2D eigenvalue weighted by Gasteiger charge is 2.27. The molecule has 3 N–H and O–H groups in total. The Morgan fingerprint density at radius 1 is 0.962 bits per heavy atom. The zero-order valence-electron chi connectivity index (χ0n) is 14.0. The van der Waals surface area contributed by atoms with Gasteiger partial charge in [0, 0.05) is 6.54 Å². The van der Waals surface area contributed by atoms with Crippen molar-refractivity contribution in [1.82, 2.24) is 10.0 Å². The highest BCUT2D eigenvalue weighted by Crippen LogP contribution is 2.09. The molecular weight excluding hydrogens is 356 g/mol. The fraction of sp³-hybridized carbons (Fsp3) is 0.222. The van der Waals surface area contributed by atoms with Gasteiger partial charge in [-0.25, -0.2) is 8.42 Å². The van der Waals surface area contributed by atoms with Crippen LogP contribution in [0.25, 0.3) is 0 Å². The average molecular weight is 376 g/mol. The lowest BCUT2D eigenvalue weighted by molar-refractivity contribution is -0.139. The fourth-order valence-corrected chi connectivity index (χ4v) is 3.53. The second-order valence-electron chi connectivity index (χ2n) is 5.61. The molecule has 8 heteroatoms. The molecule has 138 valence electrons. The number of carboxylic acids is 1. The molecule has 0 spiro atoms. The largest absolute Gasteiger partial charge is 0.481 e. The molecule has 0 aromatic heterocycles. The van der Waals surface area contributed by atoms with E-state index in [1.165, 1.54) is 12.1 Å². The van der Waals surface area contributed by atoms with Crippen LogP contribution in [0.15, 0.2) is 65.6 Å². The molecule has 2 aromatic rings. The molecule has 26 heavy (non-hydrogen) atoms. The van der Waals surface area contributed by atoms with Crippen LogP contribution in [0.5, 0.6) is 0 Å². The first-order valence-electron chi connectivity index (χ1n) is 7.99. The first-order valence-corrected chi connectivity index (χ1v) is 9.47. The standard InChI is InChI=1S/C18H20N2O5S/c21-17(22)13-16(20-26(24,25)15-9-5-2-6-10-15)18(23)19-12-11-14-7-3-1-4-8-14/h1-10,16,20H,11-13H2,(H,19,23)(H,21,22)/t16-/m0/s1. The quantitative estimate of drug-likeness (QED) is 0.608. The molecule has 0 aliphatic rings. The summed E-state index contributed by atoms with van der Waals surface area (Å²) < 4.78 is 26.8. The third kappa shape index (κ3) is 5.98. The van der Waals surface area contributed by atoms with E-state index in [1.807, 2.05) is 30.3 Å². The van der Waals surface area contributed by atoms with Gasteiger partial charge in [-0.3, -0.25) is 9.59 Å². The number of amides is 1. The average Bonchev–Trinajstić information content (AvgIpc) is 2.62. The number of nitrogens with one attached hydrogen (secondary N) is 2. The predicted molar refractivity (Wildman–Crippen MR) is 96.0 cm³/mol. The van der Waals surface area contributed by atoms with E-state index >= 15 is 0 Å². The molecule has 7 nitrogen and oxygen atoms in total. The highest BCUT2D eigenvalue weighted by atomic mass is 32.2.